The molecule has 0 aliphatic heterocycles. The molecule has 0 aromatic carbocycles. The van der Waals surface area contributed by atoms with Crippen LogP contribution in [0.3, 0.4) is 0 Å². The van der Waals surface area contributed by atoms with Crippen molar-refractivity contribution in [3.8, 4) is 0 Å². The molecule has 1 atom stereocenters. The van der Waals surface area contributed by atoms with E-state index in [4.69, 9.17) is 4.74 Å². The Bertz CT molecular complexity index is 343. The molecule has 1 N–H and O–H groups in total. The van der Waals surface area contributed by atoms with E-state index >= 15 is 0 Å². The zero-order valence-electron chi connectivity index (χ0n) is 11.5. The van der Waals surface area contributed by atoms with Crippen molar-refractivity contribution in [1.29, 1.82) is 0 Å². The first-order chi connectivity index (χ1) is 8.78. The van der Waals surface area contributed by atoms with Crippen molar-refractivity contribution in [1.82, 2.24) is 10.3 Å². The van der Waals surface area contributed by atoms with Crippen LogP contribution in [0.25, 0.3) is 0 Å². The molecule has 0 spiro atoms. The molecule has 0 amide bonds. The third-order valence-corrected chi connectivity index (χ3v) is 3.99. The van der Waals surface area contributed by atoms with Crippen LogP contribution in [0.1, 0.15) is 38.3 Å². The van der Waals surface area contributed by atoms with Gasteiger partial charge in [-0.2, -0.15) is 0 Å². The highest BCUT2D eigenvalue weighted by Crippen LogP contribution is 2.39. The molecular formula is C15H24N2O. The largest absolute Gasteiger partial charge is 0.378 e. The third-order valence-electron chi connectivity index (χ3n) is 3.99. The molecule has 0 radical (unpaired) electrons. The standard InChI is InChI=1S/C15H24N2O/c1-3-16-14(11-13-7-4-5-10-17-13)12-15(18-2)8-6-9-15/h4-5,7,10,14,16H,3,6,8-9,11-12H2,1-2H3. The maximum atomic E-state index is 5.73. The maximum absolute atomic E-state index is 5.73. The molecule has 1 fully saturated rings. The van der Waals surface area contributed by atoms with Crippen molar-refractivity contribution in [2.45, 2.75) is 50.7 Å². The van der Waals surface area contributed by atoms with Gasteiger partial charge in [-0.05, 0) is 44.4 Å². The highest BCUT2D eigenvalue weighted by molar-refractivity contribution is 5.06. The third kappa shape index (κ3) is 3.30. The number of hydrogen-bond donors (Lipinski definition) is 1. The van der Waals surface area contributed by atoms with Gasteiger partial charge in [-0.3, -0.25) is 4.98 Å². The fourth-order valence-electron chi connectivity index (χ4n) is 2.79. The van der Waals surface area contributed by atoms with Gasteiger partial charge in [0.1, 0.15) is 0 Å². The fourth-order valence-corrected chi connectivity index (χ4v) is 2.79. The Hall–Kier alpha value is -0.930. The van der Waals surface area contributed by atoms with E-state index in [2.05, 4.69) is 29.4 Å². The molecule has 1 saturated carbocycles. The topological polar surface area (TPSA) is 34.2 Å². The van der Waals surface area contributed by atoms with Crippen LogP contribution >= 0.6 is 0 Å². The van der Waals surface area contributed by atoms with E-state index in [1.165, 1.54) is 19.3 Å². The first-order valence-corrected chi connectivity index (χ1v) is 6.96. The van der Waals surface area contributed by atoms with Gasteiger partial charge in [0, 0.05) is 31.5 Å². The summed E-state index contributed by atoms with van der Waals surface area (Å²) in [6, 6.07) is 6.59. The first kappa shape index (κ1) is 13.5. The number of nitrogens with zero attached hydrogens (tertiary/aromatic N) is 1. The molecule has 1 aromatic rings. The predicted octanol–water partition coefficient (Wildman–Crippen LogP) is 2.56. The second-order valence-corrected chi connectivity index (χ2v) is 5.22. The van der Waals surface area contributed by atoms with Crippen molar-refractivity contribution >= 4 is 0 Å². The number of pyridine rings is 1. The number of aromatic nitrogens is 1. The molecule has 2 rings (SSSR count). The average molecular weight is 248 g/mol. The van der Waals surface area contributed by atoms with Crippen molar-refractivity contribution < 1.29 is 4.74 Å². The SMILES string of the molecule is CCNC(Cc1ccccn1)CC1(OC)CCC1. The Morgan fingerprint density at radius 1 is 1.44 bits per heavy atom. The van der Waals surface area contributed by atoms with E-state index < -0.39 is 0 Å². The fraction of sp³-hybridized carbons (Fsp3) is 0.667. The maximum Gasteiger partial charge on any atom is 0.0693 e. The Labute approximate surface area is 110 Å². The number of rotatable bonds is 7. The minimum absolute atomic E-state index is 0.127. The lowest BCUT2D eigenvalue weighted by Crippen LogP contribution is -2.46. The summed E-state index contributed by atoms with van der Waals surface area (Å²) in [6.07, 6.45) is 7.65. The minimum Gasteiger partial charge on any atom is -0.378 e. The van der Waals surface area contributed by atoms with Gasteiger partial charge in [-0.15, -0.1) is 0 Å². The van der Waals surface area contributed by atoms with Gasteiger partial charge in [0.2, 0.25) is 0 Å². The minimum atomic E-state index is 0.127. The van der Waals surface area contributed by atoms with Gasteiger partial charge in [0.25, 0.3) is 0 Å². The number of nitrogens with one attached hydrogen (secondary N) is 1. The van der Waals surface area contributed by atoms with Gasteiger partial charge < -0.3 is 10.1 Å². The molecule has 3 nitrogen and oxygen atoms in total. The van der Waals surface area contributed by atoms with Crippen molar-refractivity contribution in [3.63, 3.8) is 0 Å². The highest BCUT2D eigenvalue weighted by Gasteiger charge is 2.38. The van der Waals surface area contributed by atoms with Crippen LogP contribution in [-0.2, 0) is 11.2 Å². The van der Waals surface area contributed by atoms with Crippen LogP contribution < -0.4 is 5.32 Å². The second kappa shape index (κ2) is 6.30. The van der Waals surface area contributed by atoms with E-state index in [9.17, 15) is 0 Å². The van der Waals surface area contributed by atoms with Crippen LogP contribution in [0.4, 0.5) is 0 Å². The van der Waals surface area contributed by atoms with Crippen LogP contribution in [0.15, 0.2) is 24.4 Å². The van der Waals surface area contributed by atoms with E-state index in [0.717, 1.165) is 25.1 Å². The van der Waals surface area contributed by atoms with Crippen molar-refractivity contribution in [2.24, 2.45) is 0 Å². The molecule has 0 saturated heterocycles. The summed E-state index contributed by atoms with van der Waals surface area (Å²) in [5.41, 5.74) is 1.29. The Morgan fingerprint density at radius 2 is 2.28 bits per heavy atom. The van der Waals surface area contributed by atoms with Gasteiger partial charge >= 0.3 is 0 Å². The summed E-state index contributed by atoms with van der Waals surface area (Å²) in [6.45, 7) is 3.16. The average Bonchev–Trinajstić information content (AvgIpc) is 2.35. The van der Waals surface area contributed by atoms with E-state index in [1.807, 2.05) is 19.4 Å². The summed E-state index contributed by atoms with van der Waals surface area (Å²) >= 11 is 0. The number of hydrogen-bond acceptors (Lipinski definition) is 3. The number of ether oxygens (including phenoxy) is 1. The number of likely N-dealkylation sites (N-methyl/N-ethyl adjacent to an activating group) is 1. The lowest BCUT2D eigenvalue weighted by molar-refractivity contribution is -0.0833. The molecule has 1 aromatic heterocycles. The van der Waals surface area contributed by atoms with Crippen LogP contribution in [-0.4, -0.2) is 30.3 Å². The molecule has 1 heterocycles. The zero-order chi connectivity index (χ0) is 12.8. The molecule has 1 aliphatic carbocycles. The molecule has 1 aliphatic rings. The van der Waals surface area contributed by atoms with Crippen LogP contribution in [0, 0.1) is 0 Å². The van der Waals surface area contributed by atoms with Gasteiger partial charge in [-0.25, -0.2) is 0 Å². The molecule has 100 valence electrons. The normalized spacial score (nSPS) is 19.2. The Morgan fingerprint density at radius 3 is 2.78 bits per heavy atom. The lowest BCUT2D eigenvalue weighted by Gasteiger charge is -2.43. The summed E-state index contributed by atoms with van der Waals surface area (Å²) in [5, 5.41) is 3.57. The zero-order valence-corrected chi connectivity index (χ0v) is 11.5. The van der Waals surface area contributed by atoms with E-state index in [-0.39, 0.29) is 5.60 Å². The summed E-state index contributed by atoms with van der Waals surface area (Å²) in [5.74, 6) is 0. The van der Waals surface area contributed by atoms with Gasteiger partial charge in [-0.1, -0.05) is 13.0 Å². The molecule has 1 unspecified atom stereocenters. The monoisotopic (exact) mass is 248 g/mol. The smallest absolute Gasteiger partial charge is 0.0693 e. The second-order valence-electron chi connectivity index (χ2n) is 5.22. The number of methoxy groups -OCH3 is 1. The predicted molar refractivity (Wildman–Crippen MR) is 73.6 cm³/mol. The molecule has 0 bridgehead atoms. The summed E-state index contributed by atoms with van der Waals surface area (Å²) in [7, 11) is 1.85. The Kier molecular flexibility index (Phi) is 4.72. The Balaban J connectivity index is 1.95. The molecule has 3 heteroatoms. The van der Waals surface area contributed by atoms with Crippen LogP contribution in [0.2, 0.25) is 0 Å². The van der Waals surface area contributed by atoms with Crippen LogP contribution in [0.5, 0.6) is 0 Å². The molecular weight excluding hydrogens is 224 g/mol. The first-order valence-electron chi connectivity index (χ1n) is 6.96. The highest BCUT2D eigenvalue weighted by atomic mass is 16.5. The summed E-state index contributed by atoms with van der Waals surface area (Å²) < 4.78 is 5.73. The van der Waals surface area contributed by atoms with E-state index in [1.54, 1.807) is 0 Å². The lowest BCUT2D eigenvalue weighted by atomic mass is 9.75. The van der Waals surface area contributed by atoms with Crippen molar-refractivity contribution in [2.75, 3.05) is 13.7 Å². The quantitative estimate of drug-likeness (QED) is 0.805. The van der Waals surface area contributed by atoms with Crippen molar-refractivity contribution in [3.05, 3.63) is 30.1 Å². The molecule has 18 heavy (non-hydrogen) atoms. The van der Waals surface area contributed by atoms with Gasteiger partial charge in [0.15, 0.2) is 0 Å². The van der Waals surface area contributed by atoms with Gasteiger partial charge in [0.05, 0.1) is 5.60 Å². The summed E-state index contributed by atoms with van der Waals surface area (Å²) in [4.78, 5) is 4.42. The van der Waals surface area contributed by atoms with E-state index in [0.29, 0.717) is 6.04 Å².